The quantitative estimate of drug-likeness (QED) is 0.612. The Morgan fingerprint density at radius 2 is 2.04 bits per heavy atom. The molecule has 1 N–H and O–H groups in total. The molecule has 0 bridgehead atoms. The Bertz CT molecular complexity index is 752. The maximum Gasteiger partial charge on any atom is 0.263 e. The molecule has 1 unspecified atom stereocenters. The van der Waals surface area contributed by atoms with Crippen molar-refractivity contribution in [3.8, 4) is 5.75 Å². The number of amides is 1. The van der Waals surface area contributed by atoms with Gasteiger partial charge in [-0.05, 0) is 32.0 Å². The SMILES string of the molecule is CCOC(CCNC(=O)C1CN(S(C)(=O)=O)c2cc(Cl)ccc2O1)OCC. The van der Waals surface area contributed by atoms with E-state index in [1.807, 2.05) is 13.8 Å². The number of hydrogen-bond acceptors (Lipinski definition) is 6. The molecule has 1 amide bonds. The van der Waals surface area contributed by atoms with Gasteiger partial charge in [0.05, 0.1) is 18.5 Å². The molecule has 0 fully saturated rings. The molecule has 1 aliphatic heterocycles. The van der Waals surface area contributed by atoms with E-state index in [0.717, 1.165) is 10.6 Å². The minimum atomic E-state index is -3.60. The minimum Gasteiger partial charge on any atom is -0.476 e. The van der Waals surface area contributed by atoms with Crippen LogP contribution in [-0.4, -0.2) is 59.3 Å². The van der Waals surface area contributed by atoms with E-state index in [9.17, 15) is 13.2 Å². The summed E-state index contributed by atoms with van der Waals surface area (Å²) in [5, 5.41) is 3.12. The van der Waals surface area contributed by atoms with Crippen molar-refractivity contribution in [3.05, 3.63) is 23.2 Å². The lowest BCUT2D eigenvalue weighted by atomic mass is 10.2. The number of ether oxygens (including phenoxy) is 3. The fourth-order valence-electron chi connectivity index (χ4n) is 2.69. The number of rotatable bonds is 9. The van der Waals surface area contributed by atoms with Crippen LogP contribution in [0.5, 0.6) is 5.75 Å². The summed E-state index contributed by atoms with van der Waals surface area (Å²) < 4.78 is 41.9. The first-order valence-electron chi connectivity index (χ1n) is 8.71. The summed E-state index contributed by atoms with van der Waals surface area (Å²) in [6, 6.07) is 4.63. The number of fused-ring (bicyclic) bond motifs is 1. The van der Waals surface area contributed by atoms with Gasteiger partial charge in [0.15, 0.2) is 12.4 Å². The monoisotopic (exact) mass is 420 g/mol. The van der Waals surface area contributed by atoms with E-state index in [1.54, 1.807) is 12.1 Å². The van der Waals surface area contributed by atoms with Crippen molar-refractivity contribution < 1.29 is 27.4 Å². The number of benzene rings is 1. The molecule has 152 valence electrons. The number of sulfonamides is 1. The van der Waals surface area contributed by atoms with Gasteiger partial charge in [-0.15, -0.1) is 0 Å². The Morgan fingerprint density at radius 3 is 2.63 bits per heavy atom. The third-order valence-electron chi connectivity index (χ3n) is 3.87. The first-order chi connectivity index (χ1) is 12.8. The van der Waals surface area contributed by atoms with Gasteiger partial charge < -0.3 is 19.5 Å². The van der Waals surface area contributed by atoms with Crippen LogP contribution < -0.4 is 14.4 Å². The fourth-order valence-corrected chi connectivity index (χ4v) is 3.76. The lowest BCUT2D eigenvalue weighted by molar-refractivity contribution is -0.140. The molecule has 8 nitrogen and oxygen atoms in total. The molecule has 1 atom stereocenters. The second kappa shape index (κ2) is 9.59. The van der Waals surface area contributed by atoms with Crippen LogP contribution in [0.4, 0.5) is 5.69 Å². The van der Waals surface area contributed by atoms with Gasteiger partial charge >= 0.3 is 0 Å². The summed E-state index contributed by atoms with van der Waals surface area (Å²) in [5.74, 6) is -0.117. The van der Waals surface area contributed by atoms with Crippen LogP contribution in [0, 0.1) is 0 Å². The van der Waals surface area contributed by atoms with Gasteiger partial charge in [-0.3, -0.25) is 9.10 Å². The maximum absolute atomic E-state index is 12.5. The molecule has 2 rings (SSSR count). The van der Waals surface area contributed by atoms with Crippen molar-refractivity contribution >= 4 is 33.2 Å². The largest absolute Gasteiger partial charge is 0.476 e. The number of nitrogens with one attached hydrogen (secondary N) is 1. The van der Waals surface area contributed by atoms with E-state index >= 15 is 0 Å². The maximum atomic E-state index is 12.5. The summed E-state index contributed by atoms with van der Waals surface area (Å²) in [5.41, 5.74) is 0.321. The van der Waals surface area contributed by atoms with Crippen LogP contribution >= 0.6 is 11.6 Å². The Morgan fingerprint density at radius 1 is 1.37 bits per heavy atom. The molecular weight excluding hydrogens is 396 g/mol. The average molecular weight is 421 g/mol. The molecule has 1 heterocycles. The number of halogens is 1. The topological polar surface area (TPSA) is 94.2 Å². The van der Waals surface area contributed by atoms with Gasteiger partial charge in [-0.1, -0.05) is 11.6 Å². The molecule has 0 radical (unpaired) electrons. The lowest BCUT2D eigenvalue weighted by Gasteiger charge is -2.34. The van der Waals surface area contributed by atoms with E-state index in [1.165, 1.54) is 6.07 Å². The summed E-state index contributed by atoms with van der Waals surface area (Å²) in [6.07, 6.45) is 0.184. The van der Waals surface area contributed by atoms with Crippen LogP contribution in [0.15, 0.2) is 18.2 Å². The Kier molecular flexibility index (Phi) is 7.72. The molecule has 10 heteroatoms. The summed E-state index contributed by atoms with van der Waals surface area (Å²) in [6.45, 7) is 4.93. The van der Waals surface area contributed by atoms with Crippen LogP contribution in [0.2, 0.25) is 5.02 Å². The molecule has 0 saturated heterocycles. The number of nitrogens with zero attached hydrogens (tertiary/aromatic N) is 1. The highest BCUT2D eigenvalue weighted by Gasteiger charge is 2.35. The normalized spacial score (nSPS) is 16.8. The molecule has 1 aliphatic rings. The van der Waals surface area contributed by atoms with Crippen molar-refractivity contribution in [1.82, 2.24) is 5.32 Å². The predicted molar refractivity (Wildman–Crippen MR) is 103 cm³/mol. The van der Waals surface area contributed by atoms with E-state index in [4.69, 9.17) is 25.8 Å². The van der Waals surface area contributed by atoms with Gasteiger partial charge in [-0.2, -0.15) is 0 Å². The predicted octanol–water partition coefficient (Wildman–Crippen LogP) is 1.77. The second-order valence-electron chi connectivity index (χ2n) is 5.93. The van der Waals surface area contributed by atoms with Crippen molar-refractivity contribution in [2.45, 2.75) is 32.7 Å². The van der Waals surface area contributed by atoms with Crippen molar-refractivity contribution in [2.75, 3.05) is 36.9 Å². The Hall–Kier alpha value is -1.55. The van der Waals surface area contributed by atoms with Gasteiger partial charge in [-0.25, -0.2) is 8.42 Å². The number of anilines is 1. The van der Waals surface area contributed by atoms with Gasteiger partial charge in [0, 0.05) is 31.2 Å². The first kappa shape index (κ1) is 21.7. The standard InChI is InChI=1S/C17H25ClN2O6S/c1-4-24-16(25-5-2)8-9-19-17(21)15-11-20(27(3,22)23)13-10-12(18)6-7-14(13)26-15/h6-7,10,15-16H,4-5,8-9,11H2,1-3H3,(H,19,21). The van der Waals surface area contributed by atoms with Gasteiger partial charge in [0.1, 0.15) is 5.75 Å². The lowest BCUT2D eigenvalue weighted by Crippen LogP contribution is -2.50. The molecule has 1 aromatic carbocycles. The van der Waals surface area contributed by atoms with E-state index in [0.29, 0.717) is 36.9 Å². The minimum absolute atomic E-state index is 0.127. The van der Waals surface area contributed by atoms with Crippen molar-refractivity contribution in [2.24, 2.45) is 0 Å². The summed E-state index contributed by atoms with van der Waals surface area (Å²) in [7, 11) is -3.60. The fraction of sp³-hybridized carbons (Fsp3) is 0.588. The average Bonchev–Trinajstić information content (AvgIpc) is 2.60. The number of carbonyl (C=O) groups excluding carboxylic acids is 1. The van der Waals surface area contributed by atoms with Crippen LogP contribution in [-0.2, 0) is 24.3 Å². The molecule has 27 heavy (non-hydrogen) atoms. The summed E-state index contributed by atoms with van der Waals surface area (Å²) in [4.78, 5) is 12.5. The van der Waals surface area contributed by atoms with Crippen molar-refractivity contribution in [1.29, 1.82) is 0 Å². The third kappa shape index (κ3) is 5.97. The van der Waals surface area contributed by atoms with Gasteiger partial charge in [0.25, 0.3) is 5.91 Å². The molecule has 0 saturated carbocycles. The molecule has 0 aromatic heterocycles. The second-order valence-corrected chi connectivity index (χ2v) is 8.28. The molecule has 0 spiro atoms. The first-order valence-corrected chi connectivity index (χ1v) is 10.9. The molecular formula is C17H25ClN2O6S. The van der Waals surface area contributed by atoms with Crippen molar-refractivity contribution in [3.63, 3.8) is 0 Å². The van der Waals surface area contributed by atoms with E-state index in [2.05, 4.69) is 5.32 Å². The Labute approximate surface area is 164 Å². The highest BCUT2D eigenvalue weighted by molar-refractivity contribution is 7.92. The van der Waals surface area contributed by atoms with Gasteiger partial charge in [0.2, 0.25) is 10.0 Å². The summed E-state index contributed by atoms with van der Waals surface area (Å²) >= 11 is 5.96. The number of hydrogen-bond donors (Lipinski definition) is 1. The van der Waals surface area contributed by atoms with E-state index in [-0.39, 0.29) is 12.3 Å². The highest BCUT2D eigenvalue weighted by atomic mass is 35.5. The zero-order valence-corrected chi connectivity index (χ0v) is 17.2. The number of carbonyl (C=O) groups is 1. The van der Waals surface area contributed by atoms with E-state index < -0.39 is 28.3 Å². The molecule has 0 aliphatic carbocycles. The molecule has 1 aromatic rings. The van der Waals surface area contributed by atoms with Crippen LogP contribution in [0.3, 0.4) is 0 Å². The Balaban J connectivity index is 2.04. The smallest absolute Gasteiger partial charge is 0.263 e. The zero-order chi connectivity index (χ0) is 20.0. The van der Waals surface area contributed by atoms with Crippen LogP contribution in [0.1, 0.15) is 20.3 Å². The highest BCUT2D eigenvalue weighted by Crippen LogP contribution is 2.37. The zero-order valence-electron chi connectivity index (χ0n) is 15.6. The third-order valence-corrected chi connectivity index (χ3v) is 5.25. The van der Waals surface area contributed by atoms with Crippen LogP contribution in [0.25, 0.3) is 0 Å².